The molecular formula is C9H11N3O2. The molecule has 0 spiro atoms. The summed E-state index contributed by atoms with van der Waals surface area (Å²) >= 11 is 0. The Balaban J connectivity index is 2.65. The number of amides is 1. The second-order valence-corrected chi connectivity index (χ2v) is 2.95. The minimum atomic E-state index is -0.332. The van der Waals surface area contributed by atoms with Gasteiger partial charge in [0.2, 0.25) is 0 Å². The van der Waals surface area contributed by atoms with Gasteiger partial charge in [-0.05, 0) is 13.0 Å². The van der Waals surface area contributed by atoms with Gasteiger partial charge in [-0.2, -0.15) is 5.10 Å². The number of H-pyrrole nitrogens is 1. The molecular weight excluding hydrogens is 182 g/mol. The van der Waals surface area contributed by atoms with Crippen LogP contribution < -0.4 is 10.9 Å². The first-order valence-corrected chi connectivity index (χ1v) is 4.08. The molecule has 74 valence electrons. The Labute approximate surface area is 80.8 Å². The molecule has 1 heterocycles. The van der Waals surface area contributed by atoms with E-state index in [4.69, 9.17) is 0 Å². The van der Waals surface area contributed by atoms with E-state index in [0.29, 0.717) is 6.54 Å². The highest BCUT2D eigenvalue weighted by Crippen LogP contribution is 1.89. The molecule has 0 aromatic carbocycles. The van der Waals surface area contributed by atoms with Crippen LogP contribution in [0.15, 0.2) is 29.1 Å². The van der Waals surface area contributed by atoms with E-state index in [2.05, 4.69) is 22.1 Å². The van der Waals surface area contributed by atoms with Crippen LogP contribution in [0, 0.1) is 0 Å². The second kappa shape index (κ2) is 4.36. The van der Waals surface area contributed by atoms with E-state index in [0.717, 1.165) is 5.57 Å². The maximum Gasteiger partial charge on any atom is 0.271 e. The van der Waals surface area contributed by atoms with Gasteiger partial charge in [-0.1, -0.05) is 12.2 Å². The van der Waals surface area contributed by atoms with Gasteiger partial charge in [0.1, 0.15) is 5.69 Å². The number of aromatic amines is 1. The molecule has 14 heavy (non-hydrogen) atoms. The lowest BCUT2D eigenvalue weighted by atomic mass is 10.3. The summed E-state index contributed by atoms with van der Waals surface area (Å²) in [5.74, 6) is -0.329. The van der Waals surface area contributed by atoms with E-state index in [-0.39, 0.29) is 17.2 Å². The third kappa shape index (κ3) is 2.85. The normalized spacial score (nSPS) is 9.50. The van der Waals surface area contributed by atoms with Crippen LogP contribution in [-0.4, -0.2) is 22.6 Å². The number of carbonyl (C=O) groups excluding carboxylic acids is 1. The first-order valence-electron chi connectivity index (χ1n) is 4.08. The average Bonchev–Trinajstić information content (AvgIpc) is 2.15. The molecule has 0 aliphatic heterocycles. The molecule has 1 aromatic heterocycles. The van der Waals surface area contributed by atoms with Gasteiger partial charge >= 0.3 is 0 Å². The highest BCUT2D eigenvalue weighted by Gasteiger charge is 2.05. The SMILES string of the molecule is C=C(C)CNC(=O)c1ccc(=O)[nH]n1. The third-order valence-electron chi connectivity index (χ3n) is 1.46. The number of hydrogen-bond acceptors (Lipinski definition) is 3. The van der Waals surface area contributed by atoms with E-state index in [1.54, 1.807) is 6.92 Å². The predicted octanol–water partition coefficient (Wildman–Crippen LogP) is 0.0758. The van der Waals surface area contributed by atoms with Gasteiger partial charge in [-0.25, -0.2) is 5.10 Å². The van der Waals surface area contributed by atoms with Crippen LogP contribution >= 0.6 is 0 Å². The van der Waals surface area contributed by atoms with Crippen molar-refractivity contribution in [2.24, 2.45) is 0 Å². The number of aromatic nitrogens is 2. The zero-order valence-corrected chi connectivity index (χ0v) is 7.83. The molecule has 0 atom stereocenters. The standard InChI is InChI=1S/C9H11N3O2/c1-6(2)5-10-9(14)7-3-4-8(13)12-11-7/h3-4H,1,5H2,2H3,(H,10,14)(H,12,13). The Morgan fingerprint density at radius 3 is 2.86 bits per heavy atom. The Morgan fingerprint density at radius 1 is 1.64 bits per heavy atom. The van der Waals surface area contributed by atoms with Gasteiger partial charge in [0.25, 0.3) is 11.5 Å². The molecule has 0 fully saturated rings. The van der Waals surface area contributed by atoms with Crippen molar-refractivity contribution >= 4 is 5.91 Å². The Bertz CT molecular complexity index is 388. The summed E-state index contributed by atoms with van der Waals surface area (Å²) in [5.41, 5.74) is 0.704. The summed E-state index contributed by atoms with van der Waals surface area (Å²) < 4.78 is 0. The fraction of sp³-hybridized carbons (Fsp3) is 0.222. The minimum Gasteiger partial charge on any atom is -0.347 e. The second-order valence-electron chi connectivity index (χ2n) is 2.95. The number of rotatable bonds is 3. The largest absolute Gasteiger partial charge is 0.347 e. The molecule has 0 bridgehead atoms. The minimum absolute atomic E-state index is 0.186. The van der Waals surface area contributed by atoms with Crippen molar-refractivity contribution in [1.29, 1.82) is 0 Å². The van der Waals surface area contributed by atoms with E-state index in [1.165, 1.54) is 12.1 Å². The first-order chi connectivity index (χ1) is 6.59. The monoisotopic (exact) mass is 193 g/mol. The summed E-state index contributed by atoms with van der Waals surface area (Å²) in [7, 11) is 0. The lowest BCUT2D eigenvalue weighted by Crippen LogP contribution is -2.26. The summed E-state index contributed by atoms with van der Waals surface area (Å²) in [5, 5.41) is 8.35. The van der Waals surface area contributed by atoms with Crippen LogP contribution in [-0.2, 0) is 0 Å². The topological polar surface area (TPSA) is 74.8 Å². The quantitative estimate of drug-likeness (QED) is 0.667. The summed E-state index contributed by atoms with van der Waals surface area (Å²) in [6, 6.07) is 2.62. The molecule has 1 rings (SSSR count). The van der Waals surface area contributed by atoms with E-state index in [1.807, 2.05) is 0 Å². The maximum absolute atomic E-state index is 11.3. The van der Waals surface area contributed by atoms with Crippen molar-refractivity contribution in [2.75, 3.05) is 6.54 Å². The number of nitrogens with zero attached hydrogens (tertiary/aromatic N) is 1. The van der Waals surface area contributed by atoms with Crippen LogP contribution in [0.2, 0.25) is 0 Å². The van der Waals surface area contributed by atoms with Crippen LogP contribution in [0.1, 0.15) is 17.4 Å². The lowest BCUT2D eigenvalue weighted by molar-refractivity contribution is 0.0951. The molecule has 5 heteroatoms. The molecule has 0 radical (unpaired) electrons. The van der Waals surface area contributed by atoms with Gasteiger partial charge < -0.3 is 5.32 Å². The average molecular weight is 193 g/mol. The summed E-state index contributed by atoms with van der Waals surface area (Å²) in [6.07, 6.45) is 0. The van der Waals surface area contributed by atoms with Crippen molar-refractivity contribution in [3.8, 4) is 0 Å². The highest BCUT2D eigenvalue weighted by molar-refractivity contribution is 5.92. The van der Waals surface area contributed by atoms with Crippen molar-refractivity contribution in [3.05, 3.63) is 40.3 Å². The zero-order chi connectivity index (χ0) is 10.6. The van der Waals surface area contributed by atoms with Gasteiger partial charge in [-0.3, -0.25) is 9.59 Å². The van der Waals surface area contributed by atoms with E-state index < -0.39 is 0 Å². The zero-order valence-electron chi connectivity index (χ0n) is 7.83. The van der Waals surface area contributed by atoms with Crippen molar-refractivity contribution in [1.82, 2.24) is 15.5 Å². The van der Waals surface area contributed by atoms with Gasteiger partial charge in [0.15, 0.2) is 0 Å². The number of carbonyl (C=O) groups is 1. The van der Waals surface area contributed by atoms with Crippen LogP contribution in [0.25, 0.3) is 0 Å². The highest BCUT2D eigenvalue weighted by atomic mass is 16.2. The van der Waals surface area contributed by atoms with Crippen molar-refractivity contribution < 1.29 is 4.79 Å². The van der Waals surface area contributed by atoms with Crippen LogP contribution in [0.4, 0.5) is 0 Å². The Hall–Kier alpha value is -1.91. The molecule has 0 aliphatic carbocycles. The molecule has 2 N–H and O–H groups in total. The maximum atomic E-state index is 11.3. The van der Waals surface area contributed by atoms with Gasteiger partial charge in [-0.15, -0.1) is 0 Å². The summed E-state index contributed by atoms with van der Waals surface area (Å²) in [4.78, 5) is 22.0. The molecule has 0 saturated heterocycles. The Morgan fingerprint density at radius 2 is 2.36 bits per heavy atom. The molecule has 1 aromatic rings. The van der Waals surface area contributed by atoms with Crippen molar-refractivity contribution in [3.63, 3.8) is 0 Å². The van der Waals surface area contributed by atoms with E-state index in [9.17, 15) is 9.59 Å². The van der Waals surface area contributed by atoms with Gasteiger partial charge in [0.05, 0.1) is 0 Å². The molecule has 1 amide bonds. The fourth-order valence-electron chi connectivity index (χ4n) is 0.793. The van der Waals surface area contributed by atoms with Gasteiger partial charge in [0, 0.05) is 12.6 Å². The van der Waals surface area contributed by atoms with E-state index >= 15 is 0 Å². The third-order valence-corrected chi connectivity index (χ3v) is 1.46. The first kappa shape index (κ1) is 10.2. The summed E-state index contributed by atoms with van der Waals surface area (Å²) in [6.45, 7) is 5.85. The van der Waals surface area contributed by atoms with Crippen LogP contribution in [0.5, 0.6) is 0 Å². The fourth-order valence-corrected chi connectivity index (χ4v) is 0.793. The van der Waals surface area contributed by atoms with Crippen molar-refractivity contribution in [2.45, 2.75) is 6.92 Å². The molecule has 0 unspecified atom stereocenters. The van der Waals surface area contributed by atoms with Crippen LogP contribution in [0.3, 0.4) is 0 Å². The predicted molar refractivity (Wildman–Crippen MR) is 52.0 cm³/mol. The lowest BCUT2D eigenvalue weighted by Gasteiger charge is -2.02. The Kier molecular flexibility index (Phi) is 3.17. The smallest absolute Gasteiger partial charge is 0.271 e. The molecule has 0 aliphatic rings. The molecule has 0 saturated carbocycles. The number of hydrogen-bond donors (Lipinski definition) is 2. The molecule has 5 nitrogen and oxygen atoms in total. The number of nitrogens with one attached hydrogen (secondary N) is 2.